The second-order valence-corrected chi connectivity index (χ2v) is 7.53. The van der Waals surface area contributed by atoms with Crippen LogP contribution in [0.3, 0.4) is 0 Å². The maximum Gasteiger partial charge on any atom is 0.274 e. The average molecular weight is 333 g/mol. The Bertz CT molecular complexity index is 713. The van der Waals surface area contributed by atoms with Crippen LogP contribution in [0.1, 0.15) is 28.8 Å². The third-order valence-corrected chi connectivity index (χ3v) is 4.66. The maximum atomic E-state index is 12.1. The van der Waals surface area contributed by atoms with Crippen molar-refractivity contribution in [3.63, 3.8) is 0 Å². The van der Waals surface area contributed by atoms with Crippen molar-refractivity contribution in [2.24, 2.45) is 5.92 Å². The summed E-state index contributed by atoms with van der Waals surface area (Å²) < 4.78 is 22.8. The minimum Gasteiger partial charge on any atom is -0.352 e. The molecule has 9 heteroatoms. The second-order valence-electron chi connectivity index (χ2n) is 4.96. The van der Waals surface area contributed by atoms with Crippen LogP contribution < -0.4 is 5.32 Å². The van der Waals surface area contributed by atoms with Crippen molar-refractivity contribution in [3.8, 4) is 0 Å². The van der Waals surface area contributed by atoms with Gasteiger partial charge in [-0.2, -0.15) is 0 Å². The van der Waals surface area contributed by atoms with Gasteiger partial charge in [-0.05, 0) is 31.7 Å². The molecule has 1 amide bonds. The number of carbonyl (C=O) groups is 1. The van der Waals surface area contributed by atoms with Gasteiger partial charge in [0.1, 0.15) is 0 Å². The Morgan fingerprint density at radius 3 is 2.57 bits per heavy atom. The fourth-order valence-corrected chi connectivity index (χ4v) is 2.67. The first-order valence-electron chi connectivity index (χ1n) is 6.22. The average Bonchev–Trinajstić information content (AvgIpc) is 3.18. The lowest BCUT2D eigenvalue weighted by molar-refractivity contribution is -0.385. The van der Waals surface area contributed by atoms with Gasteiger partial charge in [-0.15, -0.1) is 0 Å². The lowest BCUT2D eigenvalue weighted by Gasteiger charge is -2.09. The molecule has 1 aromatic carbocycles. The Morgan fingerprint density at radius 2 is 2.10 bits per heavy atom. The molecule has 0 atom stereocenters. The number of nitrogens with one attached hydrogen (secondary N) is 1. The highest BCUT2D eigenvalue weighted by Gasteiger charge is 2.26. The summed E-state index contributed by atoms with van der Waals surface area (Å²) in [5.41, 5.74) is -0.394. The van der Waals surface area contributed by atoms with E-state index in [0.29, 0.717) is 12.5 Å². The third-order valence-electron chi connectivity index (χ3n) is 3.32. The molecule has 1 fully saturated rings. The number of nitrogens with zero attached hydrogens (tertiary/aromatic N) is 1. The molecular weight excluding hydrogens is 320 g/mol. The summed E-state index contributed by atoms with van der Waals surface area (Å²) in [6, 6.07) is 1.92. The second kappa shape index (κ2) is 5.61. The molecule has 7 nitrogen and oxygen atoms in total. The number of halogens is 1. The van der Waals surface area contributed by atoms with Gasteiger partial charge in [0.2, 0.25) is 0 Å². The Labute approximate surface area is 125 Å². The van der Waals surface area contributed by atoms with E-state index < -0.39 is 30.5 Å². The van der Waals surface area contributed by atoms with E-state index >= 15 is 0 Å². The van der Waals surface area contributed by atoms with Gasteiger partial charge in [-0.1, -0.05) is 0 Å². The molecule has 0 aromatic heterocycles. The third kappa shape index (κ3) is 3.70. The summed E-state index contributed by atoms with van der Waals surface area (Å²) in [5.74, 6) is -0.103. The predicted molar refractivity (Wildman–Crippen MR) is 75.9 cm³/mol. The lowest BCUT2D eigenvalue weighted by Crippen LogP contribution is -2.26. The minimum absolute atomic E-state index is 0.0518. The molecule has 2 rings (SSSR count). The van der Waals surface area contributed by atoms with Gasteiger partial charge in [0, 0.05) is 28.9 Å². The zero-order valence-corrected chi connectivity index (χ0v) is 12.7. The summed E-state index contributed by atoms with van der Waals surface area (Å²) >= 11 is 0. The zero-order valence-electron chi connectivity index (χ0n) is 11.1. The van der Waals surface area contributed by atoms with E-state index in [1.54, 1.807) is 0 Å². The molecule has 1 aromatic rings. The van der Waals surface area contributed by atoms with Crippen molar-refractivity contribution in [3.05, 3.63) is 33.4 Å². The molecule has 114 valence electrons. The molecule has 0 bridgehead atoms. The van der Waals surface area contributed by atoms with Crippen molar-refractivity contribution in [2.45, 2.75) is 24.7 Å². The number of nitro benzene ring substituents is 1. The van der Waals surface area contributed by atoms with Crippen LogP contribution in [0.15, 0.2) is 17.0 Å². The number of benzene rings is 1. The van der Waals surface area contributed by atoms with Crippen molar-refractivity contribution in [1.29, 1.82) is 0 Å². The van der Waals surface area contributed by atoms with Crippen molar-refractivity contribution >= 4 is 31.3 Å². The van der Waals surface area contributed by atoms with Crippen LogP contribution in [0.25, 0.3) is 0 Å². The zero-order chi connectivity index (χ0) is 15.8. The normalized spacial score (nSPS) is 14.8. The van der Waals surface area contributed by atoms with E-state index in [0.717, 1.165) is 25.0 Å². The summed E-state index contributed by atoms with van der Waals surface area (Å²) in [5, 5.41) is 13.6. The van der Waals surface area contributed by atoms with E-state index in [2.05, 4.69) is 5.32 Å². The number of hydrogen-bond acceptors (Lipinski definition) is 5. The summed E-state index contributed by atoms with van der Waals surface area (Å²) in [6.07, 6.45) is 2.07. The summed E-state index contributed by atoms with van der Waals surface area (Å²) in [4.78, 5) is 21.9. The first kappa shape index (κ1) is 15.7. The van der Waals surface area contributed by atoms with E-state index in [1.807, 2.05) is 0 Å². The topological polar surface area (TPSA) is 106 Å². The number of amides is 1. The van der Waals surface area contributed by atoms with Crippen LogP contribution in [-0.4, -0.2) is 25.8 Å². The van der Waals surface area contributed by atoms with E-state index in [1.165, 1.54) is 6.92 Å². The van der Waals surface area contributed by atoms with Gasteiger partial charge >= 0.3 is 0 Å². The Morgan fingerprint density at radius 1 is 1.48 bits per heavy atom. The molecular formula is C12H13ClN2O5S. The molecule has 1 aliphatic carbocycles. The summed E-state index contributed by atoms with van der Waals surface area (Å²) in [6.45, 7) is 1.87. The minimum atomic E-state index is -4.16. The molecule has 21 heavy (non-hydrogen) atoms. The van der Waals surface area contributed by atoms with Gasteiger partial charge < -0.3 is 5.32 Å². The van der Waals surface area contributed by atoms with Crippen LogP contribution in [0.5, 0.6) is 0 Å². The SMILES string of the molecule is Cc1c(C(=O)NCC2CC2)cc(S(=O)(=O)Cl)cc1[N+](=O)[O-]. The van der Waals surface area contributed by atoms with Crippen LogP contribution >= 0.6 is 10.7 Å². The van der Waals surface area contributed by atoms with Gasteiger partial charge in [-0.3, -0.25) is 14.9 Å². The highest BCUT2D eigenvalue weighted by molar-refractivity contribution is 8.13. The molecule has 0 radical (unpaired) electrons. The van der Waals surface area contributed by atoms with Gasteiger partial charge in [0.25, 0.3) is 20.6 Å². The lowest BCUT2D eigenvalue weighted by atomic mass is 10.1. The number of carbonyl (C=O) groups excluding carboxylic acids is 1. The largest absolute Gasteiger partial charge is 0.352 e. The first-order chi connectivity index (χ1) is 9.70. The van der Waals surface area contributed by atoms with Crippen LogP contribution in [0.2, 0.25) is 0 Å². The molecule has 0 spiro atoms. The number of rotatable bonds is 5. The molecule has 1 aliphatic rings. The van der Waals surface area contributed by atoms with Crippen LogP contribution in [0.4, 0.5) is 5.69 Å². The molecule has 0 aliphatic heterocycles. The van der Waals surface area contributed by atoms with Gasteiger partial charge in [0.05, 0.1) is 15.4 Å². The molecule has 0 heterocycles. The van der Waals surface area contributed by atoms with Crippen LogP contribution in [0, 0.1) is 23.0 Å². The molecule has 0 saturated heterocycles. The predicted octanol–water partition coefficient (Wildman–Crippen LogP) is 1.97. The first-order valence-corrected chi connectivity index (χ1v) is 8.53. The van der Waals surface area contributed by atoms with Gasteiger partial charge in [0.15, 0.2) is 0 Å². The smallest absolute Gasteiger partial charge is 0.274 e. The number of nitro groups is 1. The quantitative estimate of drug-likeness (QED) is 0.504. The fourth-order valence-electron chi connectivity index (χ4n) is 1.89. The highest BCUT2D eigenvalue weighted by Crippen LogP contribution is 2.29. The van der Waals surface area contributed by atoms with Crippen molar-refractivity contribution in [1.82, 2.24) is 5.32 Å². The van der Waals surface area contributed by atoms with E-state index in [-0.39, 0.29) is 11.1 Å². The van der Waals surface area contributed by atoms with E-state index in [4.69, 9.17) is 10.7 Å². The van der Waals surface area contributed by atoms with Crippen LogP contribution in [-0.2, 0) is 9.05 Å². The summed E-state index contributed by atoms with van der Waals surface area (Å²) in [7, 11) is 1.06. The van der Waals surface area contributed by atoms with E-state index in [9.17, 15) is 23.3 Å². The highest BCUT2D eigenvalue weighted by atomic mass is 35.7. The Balaban J connectivity index is 2.44. The maximum absolute atomic E-state index is 12.1. The molecule has 1 saturated carbocycles. The number of hydrogen-bond donors (Lipinski definition) is 1. The monoisotopic (exact) mass is 332 g/mol. The van der Waals surface area contributed by atoms with Crippen molar-refractivity contribution in [2.75, 3.05) is 6.54 Å². The molecule has 1 N–H and O–H groups in total. The standard InChI is InChI=1S/C12H13ClN2O5S/c1-7-10(12(16)14-6-8-2-3-8)4-9(21(13,19)20)5-11(7)15(17)18/h4-5,8H,2-3,6H2,1H3,(H,14,16). The fraction of sp³-hybridized carbons (Fsp3) is 0.417. The molecule has 0 unspecified atom stereocenters. The Hall–Kier alpha value is -1.67. The Kier molecular flexibility index (Phi) is 4.20. The van der Waals surface area contributed by atoms with Gasteiger partial charge in [-0.25, -0.2) is 8.42 Å². The van der Waals surface area contributed by atoms with Crippen molar-refractivity contribution < 1.29 is 18.1 Å².